The maximum atomic E-state index is 10.4. The molecule has 98 valence electrons. The molecule has 0 saturated carbocycles. The predicted molar refractivity (Wildman–Crippen MR) is 63.7 cm³/mol. The molecule has 0 radical (unpaired) electrons. The minimum absolute atomic E-state index is 0.392. The topological polar surface area (TPSA) is 107 Å². The quantitative estimate of drug-likeness (QED) is 0.566. The van der Waals surface area contributed by atoms with Crippen molar-refractivity contribution in [2.45, 2.75) is 26.7 Å². The molecule has 16 heavy (non-hydrogen) atoms. The zero-order valence-corrected chi connectivity index (χ0v) is 11.5. The van der Waals surface area contributed by atoms with E-state index in [1.54, 1.807) is 0 Å². The Kier molecular flexibility index (Phi) is 7.03. The molecule has 4 N–H and O–H groups in total. The van der Waals surface area contributed by atoms with Crippen LogP contribution in [-0.4, -0.2) is 33.9 Å². The fraction of sp³-hybridized carbons (Fsp3) is 1.00. The van der Waals surface area contributed by atoms with Gasteiger partial charge in [-0.25, -0.2) is 4.57 Å². The summed E-state index contributed by atoms with van der Waals surface area (Å²) < 4.78 is 20.5. The first-order valence-corrected chi connectivity index (χ1v) is 9.45. The molecular weight excluding hydrogens is 252 g/mol. The van der Waals surface area contributed by atoms with Gasteiger partial charge in [0.25, 0.3) is 0 Å². The van der Waals surface area contributed by atoms with E-state index in [9.17, 15) is 9.13 Å². The first-order valence-electron chi connectivity index (χ1n) is 5.29. The van der Waals surface area contributed by atoms with Crippen LogP contribution < -0.4 is 5.32 Å². The number of rotatable bonds is 2. The van der Waals surface area contributed by atoms with Gasteiger partial charge in [0.15, 0.2) is 0 Å². The molecule has 0 aromatic carbocycles. The summed E-state index contributed by atoms with van der Waals surface area (Å²) in [7, 11) is -8.95. The number of hydrogen-bond donors (Lipinski definition) is 4. The van der Waals surface area contributed by atoms with E-state index in [-0.39, 0.29) is 0 Å². The van der Waals surface area contributed by atoms with Gasteiger partial charge in [-0.1, -0.05) is 13.8 Å². The van der Waals surface area contributed by atoms with Crippen molar-refractivity contribution >= 4 is 14.3 Å². The molecule has 1 fully saturated rings. The third-order valence-electron chi connectivity index (χ3n) is 2.36. The van der Waals surface area contributed by atoms with Gasteiger partial charge in [-0.05, 0) is 31.8 Å². The van der Waals surface area contributed by atoms with E-state index < -0.39 is 20.5 Å². The summed E-state index contributed by atoms with van der Waals surface area (Å²) in [6, 6.07) is 0. The summed E-state index contributed by atoms with van der Waals surface area (Å²) in [5.41, 5.74) is 0. The summed E-state index contributed by atoms with van der Waals surface area (Å²) in [6.45, 7) is 6.02. The zero-order valence-electron chi connectivity index (χ0n) is 9.67. The molecular formula is C8H21NO5P2. The Morgan fingerprint density at radius 3 is 2.00 bits per heavy atom. The number of hydrogen-bond acceptors (Lipinski definition) is 3. The smallest absolute Gasteiger partial charge is 0.336 e. The molecule has 8 heteroatoms. The maximum Gasteiger partial charge on any atom is 0.407 e. The van der Waals surface area contributed by atoms with Gasteiger partial charge in [-0.2, -0.15) is 0 Å². The Morgan fingerprint density at radius 1 is 1.31 bits per heavy atom. The van der Waals surface area contributed by atoms with Gasteiger partial charge in [0.05, 0.1) is 0 Å². The van der Waals surface area contributed by atoms with Crippen LogP contribution in [0.25, 0.3) is 0 Å². The molecule has 1 heterocycles. The van der Waals surface area contributed by atoms with Crippen molar-refractivity contribution in [1.82, 2.24) is 5.32 Å². The van der Waals surface area contributed by atoms with Crippen molar-refractivity contribution in [3.8, 4) is 0 Å². The van der Waals surface area contributed by atoms with Crippen LogP contribution in [0, 0.1) is 5.92 Å². The van der Waals surface area contributed by atoms with Gasteiger partial charge in [-0.15, -0.1) is 0 Å². The monoisotopic (exact) mass is 273 g/mol. The van der Waals surface area contributed by atoms with Crippen molar-refractivity contribution < 1.29 is 23.8 Å². The highest BCUT2D eigenvalue weighted by atomic mass is 32.1. The lowest BCUT2D eigenvalue weighted by molar-refractivity contribution is 0.377. The summed E-state index contributed by atoms with van der Waals surface area (Å²) in [5, 5.41) is 3.33. The van der Waals surface area contributed by atoms with Crippen molar-refractivity contribution in [3.63, 3.8) is 0 Å². The van der Waals surface area contributed by atoms with Crippen LogP contribution in [0.5, 0.6) is 0 Å². The van der Waals surface area contributed by atoms with E-state index in [1.165, 1.54) is 32.9 Å². The van der Waals surface area contributed by atoms with E-state index >= 15 is 0 Å². The van der Waals surface area contributed by atoms with Crippen LogP contribution in [0.1, 0.15) is 26.7 Å². The molecule has 0 bridgehead atoms. The lowest BCUT2D eigenvalue weighted by Crippen LogP contribution is -2.27. The van der Waals surface area contributed by atoms with Crippen LogP contribution in [-0.2, 0) is 9.13 Å². The standard InChI is InChI=1S/C6H13N.C2H8O5P2/c1-6-3-2-4-7-5-6;1-2-8(3,4)9(5,6)7/h6-7H,2-5H2,1H3;2H2,1H3,(H,3,4)(H2,5,6,7). The largest absolute Gasteiger partial charge is 0.407 e. The first kappa shape index (κ1) is 16.3. The Morgan fingerprint density at radius 2 is 1.88 bits per heavy atom. The third kappa shape index (κ3) is 6.14. The molecule has 1 saturated heterocycles. The molecule has 0 aliphatic carbocycles. The molecule has 0 amide bonds. The van der Waals surface area contributed by atoms with E-state index in [0.29, 0.717) is 0 Å². The van der Waals surface area contributed by atoms with E-state index in [0.717, 1.165) is 5.92 Å². The fourth-order valence-electron chi connectivity index (χ4n) is 1.21. The molecule has 1 rings (SSSR count). The molecule has 2 atom stereocenters. The Balaban J connectivity index is 0.000000288. The predicted octanol–water partition coefficient (Wildman–Crippen LogP) is 1.38. The van der Waals surface area contributed by atoms with Crippen molar-refractivity contribution in [3.05, 3.63) is 0 Å². The lowest BCUT2D eigenvalue weighted by atomic mass is 10.0. The summed E-state index contributed by atoms with van der Waals surface area (Å²) >= 11 is 0. The zero-order chi connectivity index (χ0) is 12.8. The van der Waals surface area contributed by atoms with Gasteiger partial charge in [0, 0.05) is 6.16 Å². The second-order valence-corrected chi connectivity index (χ2v) is 10.4. The summed E-state index contributed by atoms with van der Waals surface area (Å²) in [4.78, 5) is 24.7. The minimum Gasteiger partial charge on any atom is -0.336 e. The van der Waals surface area contributed by atoms with Gasteiger partial charge < -0.3 is 20.0 Å². The van der Waals surface area contributed by atoms with Crippen LogP contribution in [0.2, 0.25) is 0 Å². The van der Waals surface area contributed by atoms with Crippen LogP contribution in [0.3, 0.4) is 0 Å². The molecule has 0 aromatic heterocycles. The Bertz CT molecular complexity index is 284. The number of nitrogens with one attached hydrogen (secondary N) is 1. The molecule has 0 aromatic rings. The van der Waals surface area contributed by atoms with Crippen molar-refractivity contribution in [2.75, 3.05) is 19.3 Å². The lowest BCUT2D eigenvalue weighted by Gasteiger charge is -2.17. The molecule has 2 unspecified atom stereocenters. The third-order valence-corrected chi connectivity index (χ3v) is 7.29. The molecule has 1 aliphatic rings. The average molecular weight is 273 g/mol. The highest BCUT2D eigenvalue weighted by molar-refractivity contribution is 8.28. The highest BCUT2D eigenvalue weighted by Gasteiger charge is 2.37. The van der Waals surface area contributed by atoms with E-state index in [2.05, 4.69) is 12.2 Å². The molecule has 6 nitrogen and oxygen atoms in total. The minimum atomic E-state index is -4.76. The second kappa shape index (κ2) is 6.90. The van der Waals surface area contributed by atoms with E-state index in [1.807, 2.05) is 0 Å². The highest BCUT2D eigenvalue weighted by Crippen LogP contribution is 2.73. The Hall–Kier alpha value is 0.300. The second-order valence-electron chi connectivity index (χ2n) is 3.95. The van der Waals surface area contributed by atoms with Crippen LogP contribution >= 0.6 is 14.3 Å². The van der Waals surface area contributed by atoms with Gasteiger partial charge in [0.1, 0.15) is 0 Å². The SMILES string of the molecule is CC1CCCNC1.CCP(=O)(O)P(=O)(O)O. The Labute approximate surface area is 96.0 Å². The van der Waals surface area contributed by atoms with Gasteiger partial charge in [0.2, 0.25) is 0 Å². The van der Waals surface area contributed by atoms with Gasteiger partial charge in [-0.3, -0.25) is 4.57 Å². The maximum absolute atomic E-state index is 10.4. The van der Waals surface area contributed by atoms with Crippen molar-refractivity contribution in [2.24, 2.45) is 5.92 Å². The molecule has 0 spiro atoms. The van der Waals surface area contributed by atoms with Crippen LogP contribution in [0.4, 0.5) is 0 Å². The first-order chi connectivity index (χ1) is 7.20. The normalized spacial score (nSPS) is 25.2. The average Bonchev–Trinajstić information content (AvgIpc) is 2.18. The van der Waals surface area contributed by atoms with Crippen molar-refractivity contribution in [1.29, 1.82) is 0 Å². The van der Waals surface area contributed by atoms with E-state index in [4.69, 9.17) is 14.7 Å². The van der Waals surface area contributed by atoms with Gasteiger partial charge >= 0.3 is 14.3 Å². The fourth-order valence-corrected chi connectivity index (χ4v) is 2.68. The summed E-state index contributed by atoms with van der Waals surface area (Å²) in [5.74, 6) is 0.925. The van der Waals surface area contributed by atoms with Crippen LogP contribution in [0.15, 0.2) is 0 Å². The summed E-state index contributed by atoms with van der Waals surface area (Å²) in [6.07, 6.45) is 2.41. The number of piperidine rings is 1. The molecule has 1 aliphatic heterocycles.